The molecule has 0 bridgehead atoms. The number of fused-ring (bicyclic) bond motifs is 1. The molecule has 4 nitrogen and oxygen atoms in total. The zero-order valence-electron chi connectivity index (χ0n) is 10.2. The van der Waals surface area contributed by atoms with E-state index in [1.54, 1.807) is 7.11 Å². The molecule has 1 aromatic carbocycles. The summed E-state index contributed by atoms with van der Waals surface area (Å²) in [4.78, 5) is 0. The summed E-state index contributed by atoms with van der Waals surface area (Å²) in [5, 5.41) is 0. The number of methoxy groups -OCH3 is 1. The van der Waals surface area contributed by atoms with Gasteiger partial charge in [-0.05, 0) is 25.8 Å². The molecule has 4 heteroatoms. The third-order valence-electron chi connectivity index (χ3n) is 3.89. The van der Waals surface area contributed by atoms with Gasteiger partial charge in [0.25, 0.3) is 0 Å². The topological polar surface area (TPSA) is 53.7 Å². The Morgan fingerprint density at radius 2 is 2.12 bits per heavy atom. The molecular weight excluding hydrogens is 218 g/mol. The van der Waals surface area contributed by atoms with Gasteiger partial charge in [-0.25, -0.2) is 0 Å². The molecular formula is C13H17NO3. The van der Waals surface area contributed by atoms with Crippen LogP contribution in [0, 0.1) is 0 Å². The lowest BCUT2D eigenvalue weighted by atomic mass is 9.88. The zero-order valence-corrected chi connectivity index (χ0v) is 10.2. The molecule has 0 aromatic heterocycles. The number of hydrogen-bond acceptors (Lipinski definition) is 4. The van der Waals surface area contributed by atoms with E-state index in [1.165, 1.54) is 0 Å². The number of nitrogens with two attached hydrogens (primary N) is 1. The Hall–Kier alpha value is -1.42. The summed E-state index contributed by atoms with van der Waals surface area (Å²) in [6, 6.07) is 4.13. The minimum absolute atomic E-state index is 0.0618. The number of hydrogen-bond donors (Lipinski definition) is 1. The molecule has 1 unspecified atom stereocenters. The average molecular weight is 235 g/mol. The second-order valence-corrected chi connectivity index (χ2v) is 4.82. The molecule has 0 radical (unpaired) electrons. The van der Waals surface area contributed by atoms with Crippen molar-refractivity contribution < 1.29 is 14.2 Å². The Bertz CT molecular complexity index is 452. The van der Waals surface area contributed by atoms with Crippen LogP contribution in [0.1, 0.15) is 25.3 Å². The van der Waals surface area contributed by atoms with E-state index in [-0.39, 0.29) is 18.2 Å². The molecule has 1 aliphatic heterocycles. The molecule has 3 rings (SSSR count). The lowest BCUT2D eigenvalue weighted by Gasteiger charge is -2.23. The van der Waals surface area contributed by atoms with Gasteiger partial charge < -0.3 is 19.9 Å². The Labute approximate surface area is 101 Å². The molecule has 1 atom stereocenters. The van der Waals surface area contributed by atoms with Crippen LogP contribution in [-0.2, 0) is 5.41 Å². The summed E-state index contributed by atoms with van der Waals surface area (Å²) >= 11 is 0. The van der Waals surface area contributed by atoms with Crippen molar-refractivity contribution in [2.45, 2.75) is 31.2 Å². The lowest BCUT2D eigenvalue weighted by molar-refractivity contribution is 0.171. The van der Waals surface area contributed by atoms with Gasteiger partial charge >= 0.3 is 0 Å². The Balaban J connectivity index is 2.12. The molecule has 1 saturated carbocycles. The third kappa shape index (κ3) is 1.40. The first-order chi connectivity index (χ1) is 8.19. The predicted octanol–water partition coefficient (Wildman–Crippen LogP) is 1.80. The first-order valence-corrected chi connectivity index (χ1v) is 5.92. The summed E-state index contributed by atoms with van der Waals surface area (Å²) in [7, 11) is 1.66. The van der Waals surface area contributed by atoms with E-state index in [0.717, 1.165) is 35.7 Å². The second-order valence-electron chi connectivity index (χ2n) is 4.82. The smallest absolute Gasteiger partial charge is 0.231 e. The molecule has 1 aromatic rings. The molecule has 0 saturated heterocycles. The fourth-order valence-electron chi connectivity index (χ4n) is 2.65. The zero-order chi connectivity index (χ0) is 12.0. The highest BCUT2D eigenvalue weighted by Gasteiger charge is 2.50. The van der Waals surface area contributed by atoms with Crippen LogP contribution in [-0.4, -0.2) is 19.9 Å². The second kappa shape index (κ2) is 3.53. The van der Waals surface area contributed by atoms with Gasteiger partial charge in [0.2, 0.25) is 12.5 Å². The molecule has 1 heterocycles. The highest BCUT2D eigenvalue weighted by Crippen LogP contribution is 2.57. The minimum Gasteiger partial charge on any atom is -0.492 e. The van der Waals surface area contributed by atoms with E-state index < -0.39 is 0 Å². The Morgan fingerprint density at radius 3 is 2.71 bits per heavy atom. The van der Waals surface area contributed by atoms with Crippen LogP contribution < -0.4 is 19.9 Å². The quantitative estimate of drug-likeness (QED) is 0.868. The standard InChI is InChI=1S/C13H17NO3/c1-8(14)13(5-6-13)9-3-4-10-12(11(9)15-2)17-7-16-10/h3-4,8H,5-7,14H2,1-2H3. The maximum Gasteiger partial charge on any atom is 0.231 e. The van der Waals surface area contributed by atoms with Crippen LogP contribution in [0.2, 0.25) is 0 Å². The monoisotopic (exact) mass is 235 g/mol. The van der Waals surface area contributed by atoms with Crippen molar-refractivity contribution in [1.82, 2.24) is 0 Å². The summed E-state index contributed by atoms with van der Waals surface area (Å²) < 4.78 is 16.3. The first-order valence-electron chi connectivity index (χ1n) is 5.92. The van der Waals surface area contributed by atoms with Gasteiger partial charge in [-0.2, -0.15) is 0 Å². The summed E-state index contributed by atoms with van der Waals surface area (Å²) in [6.07, 6.45) is 2.22. The van der Waals surface area contributed by atoms with Gasteiger partial charge in [0.1, 0.15) is 0 Å². The Kier molecular flexibility index (Phi) is 2.23. The van der Waals surface area contributed by atoms with Crippen LogP contribution in [0.5, 0.6) is 17.2 Å². The molecule has 17 heavy (non-hydrogen) atoms. The highest BCUT2D eigenvalue weighted by molar-refractivity contribution is 5.60. The summed E-state index contributed by atoms with van der Waals surface area (Å²) in [5.41, 5.74) is 7.32. The molecule has 0 spiro atoms. The van der Waals surface area contributed by atoms with E-state index in [4.69, 9.17) is 19.9 Å². The van der Waals surface area contributed by atoms with E-state index in [9.17, 15) is 0 Å². The molecule has 0 amide bonds. The minimum atomic E-state index is 0.0618. The van der Waals surface area contributed by atoms with Crippen molar-refractivity contribution in [3.8, 4) is 17.2 Å². The fraction of sp³-hybridized carbons (Fsp3) is 0.538. The van der Waals surface area contributed by atoms with Gasteiger partial charge in [-0.15, -0.1) is 0 Å². The highest BCUT2D eigenvalue weighted by atomic mass is 16.7. The third-order valence-corrected chi connectivity index (χ3v) is 3.89. The van der Waals surface area contributed by atoms with E-state index >= 15 is 0 Å². The fourth-order valence-corrected chi connectivity index (χ4v) is 2.65. The Morgan fingerprint density at radius 1 is 1.35 bits per heavy atom. The van der Waals surface area contributed by atoms with Gasteiger partial charge in [0.05, 0.1) is 7.11 Å². The molecule has 2 aliphatic rings. The van der Waals surface area contributed by atoms with E-state index in [2.05, 4.69) is 13.0 Å². The van der Waals surface area contributed by atoms with Crippen molar-refractivity contribution in [3.05, 3.63) is 17.7 Å². The molecule has 92 valence electrons. The average Bonchev–Trinajstić information content (AvgIpc) is 3.00. The summed E-state index contributed by atoms with van der Waals surface area (Å²) in [6.45, 7) is 2.32. The number of ether oxygens (including phenoxy) is 3. The lowest BCUT2D eigenvalue weighted by Crippen LogP contribution is -2.31. The van der Waals surface area contributed by atoms with Crippen molar-refractivity contribution in [1.29, 1.82) is 0 Å². The van der Waals surface area contributed by atoms with Crippen molar-refractivity contribution in [2.75, 3.05) is 13.9 Å². The van der Waals surface area contributed by atoms with Crippen molar-refractivity contribution >= 4 is 0 Å². The van der Waals surface area contributed by atoms with Gasteiger partial charge in [-0.1, -0.05) is 6.07 Å². The van der Waals surface area contributed by atoms with Crippen molar-refractivity contribution in [2.24, 2.45) is 5.73 Å². The molecule has 1 fully saturated rings. The van der Waals surface area contributed by atoms with Crippen LogP contribution in [0.4, 0.5) is 0 Å². The normalized spacial score (nSPS) is 21.1. The van der Waals surface area contributed by atoms with E-state index in [1.807, 2.05) is 6.07 Å². The van der Waals surface area contributed by atoms with Crippen LogP contribution in [0.15, 0.2) is 12.1 Å². The largest absolute Gasteiger partial charge is 0.492 e. The van der Waals surface area contributed by atoms with Crippen LogP contribution >= 0.6 is 0 Å². The van der Waals surface area contributed by atoms with Crippen LogP contribution in [0.25, 0.3) is 0 Å². The van der Waals surface area contributed by atoms with Gasteiger partial charge in [-0.3, -0.25) is 0 Å². The van der Waals surface area contributed by atoms with Crippen LogP contribution in [0.3, 0.4) is 0 Å². The van der Waals surface area contributed by atoms with E-state index in [0.29, 0.717) is 0 Å². The predicted molar refractivity (Wildman–Crippen MR) is 63.7 cm³/mol. The molecule has 1 aliphatic carbocycles. The van der Waals surface area contributed by atoms with Gasteiger partial charge in [0, 0.05) is 17.0 Å². The number of benzene rings is 1. The van der Waals surface area contributed by atoms with Crippen molar-refractivity contribution in [3.63, 3.8) is 0 Å². The molecule has 2 N–H and O–H groups in total. The SMILES string of the molecule is COc1c(C2(C(C)N)CC2)ccc2c1OCO2. The first kappa shape index (κ1) is 10.7. The maximum atomic E-state index is 6.11. The maximum absolute atomic E-state index is 6.11. The van der Waals surface area contributed by atoms with Gasteiger partial charge in [0.15, 0.2) is 11.5 Å². The summed E-state index contributed by atoms with van der Waals surface area (Å²) in [5.74, 6) is 2.26. The number of rotatable bonds is 3.